The number of thiophene rings is 1. The zero-order valence-corrected chi connectivity index (χ0v) is 37.3. The zero-order chi connectivity index (χ0) is 40.2. The quantitative estimate of drug-likeness (QED) is 0.0975. The van der Waals surface area contributed by atoms with E-state index in [2.05, 4.69) is 107 Å². The van der Waals surface area contributed by atoms with Crippen molar-refractivity contribution in [2.45, 2.75) is 30.6 Å². The third-order valence-corrected chi connectivity index (χ3v) is 15.8. The predicted molar refractivity (Wildman–Crippen MR) is 239 cm³/mol. The van der Waals surface area contributed by atoms with E-state index in [1.54, 1.807) is 23.5 Å². The maximum Gasteiger partial charge on any atom is 0 e. The molecule has 3 heterocycles. The molecule has 6 heteroatoms. The number of benzene rings is 7. The first-order chi connectivity index (χ1) is 28.0. The molecule has 0 bridgehead atoms. The molecule has 0 spiro atoms. The van der Waals surface area contributed by atoms with Gasteiger partial charge in [0.25, 0.3) is 0 Å². The summed E-state index contributed by atoms with van der Waals surface area (Å²) in [4.78, 5) is 8.98. The Morgan fingerprint density at radius 2 is 1.40 bits per heavy atom. The normalized spacial score (nSPS) is 12.3. The number of fused-ring (bicyclic) bond motifs is 7. The number of nitrogens with zero attached hydrogens (tertiary/aromatic N) is 2. The summed E-state index contributed by atoms with van der Waals surface area (Å²) in [5, 5.41) is 8.70. The van der Waals surface area contributed by atoms with Crippen molar-refractivity contribution in [1.82, 2.24) is 9.97 Å². The van der Waals surface area contributed by atoms with Crippen molar-refractivity contribution in [2.24, 2.45) is 0 Å². The summed E-state index contributed by atoms with van der Waals surface area (Å²) >= 11 is -0.0345. The zero-order valence-electron chi connectivity index (χ0n) is 33.9. The topological polar surface area (TPSA) is 25.8 Å². The summed E-state index contributed by atoms with van der Waals surface area (Å²) < 4.78 is 37.2. The maximum absolute atomic E-state index is 15.4. The Kier molecular flexibility index (Phi) is 10.2. The summed E-state index contributed by atoms with van der Waals surface area (Å²) in [7, 11) is 0. The molecule has 0 atom stereocenters. The van der Waals surface area contributed by atoms with Crippen molar-refractivity contribution < 1.29 is 27.2 Å². The molecule has 2 nitrogen and oxygen atoms in total. The van der Waals surface area contributed by atoms with E-state index >= 15 is 4.39 Å². The van der Waals surface area contributed by atoms with Gasteiger partial charge in [-0.15, -0.1) is 23.8 Å². The van der Waals surface area contributed by atoms with Crippen LogP contribution < -0.4 is 4.40 Å². The number of rotatable bonds is 5. The Morgan fingerprint density at radius 3 is 2.21 bits per heavy atom. The van der Waals surface area contributed by atoms with Gasteiger partial charge in [-0.1, -0.05) is 89.8 Å². The van der Waals surface area contributed by atoms with Crippen molar-refractivity contribution in [3.05, 3.63) is 187 Å². The van der Waals surface area contributed by atoms with Gasteiger partial charge in [0.15, 0.2) is 0 Å². The molecule has 0 saturated heterocycles. The molecule has 281 valence electrons. The van der Waals surface area contributed by atoms with Crippen LogP contribution >= 0.6 is 11.3 Å². The molecule has 3 aromatic heterocycles. The minimum Gasteiger partial charge on any atom is 0 e. The number of aromatic nitrogens is 2. The van der Waals surface area contributed by atoms with E-state index in [1.807, 2.05) is 72.9 Å². The maximum atomic E-state index is 15.4. The third kappa shape index (κ3) is 7.82. The van der Waals surface area contributed by atoms with Crippen molar-refractivity contribution >= 4 is 81.5 Å². The fraction of sp³-hybridized carbons (Fsp3) is 0.0980. The van der Waals surface area contributed by atoms with Crippen LogP contribution in [0.25, 0.3) is 75.0 Å². The average Bonchev–Trinajstić information content (AvgIpc) is 3.63. The van der Waals surface area contributed by atoms with Gasteiger partial charge in [-0.25, -0.2) is 4.39 Å². The molecule has 0 N–H and O–H groups in total. The van der Waals surface area contributed by atoms with Crippen LogP contribution in [0.15, 0.2) is 152 Å². The fourth-order valence-electron chi connectivity index (χ4n) is 7.28. The molecule has 0 unspecified atom stereocenters. The van der Waals surface area contributed by atoms with Crippen LogP contribution in [0.1, 0.15) is 19.4 Å². The molecule has 0 amide bonds. The first kappa shape index (κ1) is 36.3. The van der Waals surface area contributed by atoms with Crippen molar-refractivity contribution in [1.29, 1.82) is 0 Å². The first-order valence-electron chi connectivity index (χ1n) is 19.7. The van der Waals surface area contributed by atoms with Crippen LogP contribution in [0.2, 0.25) is 17.3 Å². The molecule has 0 aliphatic carbocycles. The molecular formula is C51H39FGeIrN2S-2. The molecule has 1 radical (unpaired) electrons. The monoisotopic (exact) mass is 999 g/mol. The second-order valence-electron chi connectivity index (χ2n) is 15.2. The smallest absolute Gasteiger partial charge is 0 e. The predicted octanol–water partition coefficient (Wildman–Crippen LogP) is 13.5. The number of hydrogen-bond acceptors (Lipinski definition) is 3. The van der Waals surface area contributed by atoms with Gasteiger partial charge in [-0.2, -0.15) is 11.3 Å². The van der Waals surface area contributed by atoms with Gasteiger partial charge >= 0.3 is 99.8 Å². The molecule has 7 aromatic carbocycles. The van der Waals surface area contributed by atoms with E-state index in [-0.39, 0.29) is 25.7 Å². The van der Waals surface area contributed by atoms with Crippen LogP contribution in [-0.2, 0) is 26.5 Å². The average molecular weight is 998 g/mol. The SMILES string of the molecule is [2H]C([2H])(c1cc(-c2[c-]ccc3c2sc2c4cc5ccc(C)cc5cc4ccc32)ncc1F)c1cccc2ccccc12.[CH3][Ge]([CH3])([CH3])[c]1ccc(-c2[c-]cccc2)nc1.[Ir]. The minimum absolute atomic E-state index is 0. The molecule has 0 saturated carbocycles. The Labute approximate surface area is 356 Å². The molecule has 0 aliphatic rings. The van der Waals surface area contributed by atoms with Crippen molar-refractivity contribution in [3.63, 3.8) is 0 Å². The Balaban J connectivity index is 0.000000240. The van der Waals surface area contributed by atoms with Gasteiger partial charge in [-0.05, 0) is 78.3 Å². The first-order valence-corrected chi connectivity index (χ1v) is 26.9. The number of pyridine rings is 2. The number of aryl methyl sites for hydroxylation is 1. The summed E-state index contributed by atoms with van der Waals surface area (Å²) in [5.41, 5.74) is 4.94. The summed E-state index contributed by atoms with van der Waals surface area (Å²) in [6, 6.07) is 52.8. The summed E-state index contributed by atoms with van der Waals surface area (Å²) in [6.45, 7) is 2.11. The van der Waals surface area contributed by atoms with Crippen molar-refractivity contribution in [3.8, 4) is 22.5 Å². The van der Waals surface area contributed by atoms with Crippen molar-refractivity contribution in [2.75, 3.05) is 0 Å². The van der Waals surface area contributed by atoms with E-state index in [9.17, 15) is 0 Å². The van der Waals surface area contributed by atoms with Crippen LogP contribution in [-0.4, -0.2) is 23.2 Å². The molecule has 10 aromatic rings. The number of hydrogen-bond donors (Lipinski definition) is 0. The fourth-order valence-corrected chi connectivity index (χ4v) is 10.8. The number of halogens is 1. The Morgan fingerprint density at radius 1 is 0.614 bits per heavy atom. The molecular weight excluding hydrogens is 956 g/mol. The van der Waals surface area contributed by atoms with Gasteiger partial charge in [0.1, 0.15) is 5.82 Å². The van der Waals surface area contributed by atoms with Gasteiger partial charge in [-0.3, -0.25) is 0 Å². The van der Waals surface area contributed by atoms with E-state index < -0.39 is 25.5 Å². The molecule has 57 heavy (non-hydrogen) atoms. The standard InChI is InChI=1S/C37H23FNS.C14H16GeN.Ir/c1-22-12-13-24-19-33-26(17-27(24)16-22)14-15-31-30-10-5-11-32(36(30)40-37(31)33)35-20-28(34(38)21-39-35)18-25-8-4-7-23-6-2-3-9-29(23)25;1-15(2,3)13-9-10-14(16-11-13)12-7-5-4-6-8-12;/h2-10,12-17,19-21H,18H2,1H3;4-7,9-11H,1-3H3;/q2*-1;/i18D2;;. The van der Waals surface area contributed by atoms with Crippen LogP contribution in [0.4, 0.5) is 4.39 Å². The van der Waals surface area contributed by atoms with Crippen LogP contribution in [0.5, 0.6) is 0 Å². The van der Waals surface area contributed by atoms with Crippen LogP contribution in [0, 0.1) is 24.9 Å². The van der Waals surface area contributed by atoms with E-state index in [0.29, 0.717) is 11.3 Å². The molecule has 0 aliphatic heterocycles. The molecule has 0 fully saturated rings. The third-order valence-electron chi connectivity index (χ3n) is 10.3. The Hall–Kier alpha value is -5.04. The van der Waals surface area contributed by atoms with E-state index in [1.165, 1.54) is 36.2 Å². The van der Waals surface area contributed by atoms with Gasteiger partial charge in [0.05, 0.1) is 6.20 Å². The largest absolute Gasteiger partial charge is 0 e. The second kappa shape index (κ2) is 16.1. The molecule has 10 rings (SSSR count). The van der Waals surface area contributed by atoms with Gasteiger partial charge in [0, 0.05) is 33.9 Å². The van der Waals surface area contributed by atoms with Gasteiger partial charge in [0.2, 0.25) is 0 Å². The summed E-state index contributed by atoms with van der Waals surface area (Å²) in [6.07, 6.45) is 1.10. The van der Waals surface area contributed by atoms with E-state index in [0.717, 1.165) is 49.3 Å². The summed E-state index contributed by atoms with van der Waals surface area (Å²) in [5.74, 6) is 6.47. The van der Waals surface area contributed by atoms with Gasteiger partial charge < -0.3 is 4.98 Å². The van der Waals surface area contributed by atoms with E-state index in [4.69, 9.17) is 2.74 Å². The van der Waals surface area contributed by atoms with Crippen LogP contribution in [0.3, 0.4) is 0 Å². The second-order valence-corrected chi connectivity index (χ2v) is 26.9. The minimum atomic E-state index is -2.08. The Bertz CT molecular complexity index is 3160.